The molecule has 308 valence electrons. The molecule has 11 aromatic rings. The second kappa shape index (κ2) is 12.6. The van der Waals surface area contributed by atoms with Gasteiger partial charge in [0.2, 0.25) is 0 Å². The van der Waals surface area contributed by atoms with Crippen LogP contribution in [-0.4, -0.2) is 11.8 Å². The average Bonchev–Trinajstić information content (AvgIpc) is 4.02. The molecule has 64 heavy (non-hydrogen) atoms. The third-order valence-corrected chi connectivity index (χ3v) is 15.3. The number of hydrogen-bond donors (Lipinski definition) is 1. The van der Waals surface area contributed by atoms with Crippen molar-refractivity contribution in [2.24, 2.45) is 0 Å². The van der Waals surface area contributed by atoms with E-state index in [0.29, 0.717) is 0 Å². The maximum Gasteiger partial charge on any atom is 0.198 e. The van der Waals surface area contributed by atoms with Gasteiger partial charge in [0.1, 0.15) is 22.3 Å². The number of aromatic nitrogens is 1. The molecule has 0 amide bonds. The molecule has 0 radical (unpaired) electrons. The second-order valence-corrected chi connectivity index (χ2v) is 20.4. The van der Waals surface area contributed by atoms with E-state index >= 15 is 0 Å². The van der Waals surface area contributed by atoms with E-state index in [-0.39, 0.29) is 10.8 Å². The van der Waals surface area contributed by atoms with Gasteiger partial charge in [-0.2, -0.15) is 0 Å². The maximum absolute atomic E-state index is 7.32. The van der Waals surface area contributed by atoms with Crippen molar-refractivity contribution in [1.29, 1.82) is 0 Å². The number of furan rings is 2. The van der Waals surface area contributed by atoms with E-state index in [2.05, 4.69) is 178 Å². The number of para-hydroxylation sites is 2. The summed E-state index contributed by atoms with van der Waals surface area (Å²) in [6, 6.07) is 50.0. The summed E-state index contributed by atoms with van der Waals surface area (Å²) in [5.74, 6) is 0. The first kappa shape index (κ1) is 36.5. The van der Waals surface area contributed by atoms with Gasteiger partial charge < -0.3 is 18.7 Å². The lowest BCUT2D eigenvalue weighted by atomic mass is 9.58. The molecule has 0 unspecified atom stereocenters. The van der Waals surface area contributed by atoms with Crippen molar-refractivity contribution in [1.82, 2.24) is 4.57 Å². The van der Waals surface area contributed by atoms with Gasteiger partial charge in [0.05, 0.1) is 11.0 Å². The van der Waals surface area contributed by atoms with E-state index < -0.39 is 0 Å². The zero-order valence-corrected chi connectivity index (χ0v) is 37.0. The molecule has 3 aliphatic rings. The quantitative estimate of drug-likeness (QED) is 0.180. The van der Waals surface area contributed by atoms with Crippen molar-refractivity contribution in [3.05, 3.63) is 161 Å². The number of nitrogens with zero attached hydrogens (tertiary/aromatic N) is 1. The van der Waals surface area contributed by atoms with Gasteiger partial charge in [0, 0.05) is 65.9 Å². The molecule has 0 spiro atoms. The van der Waals surface area contributed by atoms with Crippen LogP contribution in [0.15, 0.2) is 142 Å². The second-order valence-electron chi connectivity index (χ2n) is 20.4. The first-order chi connectivity index (χ1) is 31.1. The van der Waals surface area contributed by atoms with Crippen LogP contribution in [-0.2, 0) is 23.7 Å². The molecular formula is C59H47BN2O2. The molecule has 0 bridgehead atoms. The van der Waals surface area contributed by atoms with Crippen LogP contribution in [0.4, 0.5) is 11.4 Å². The smallest absolute Gasteiger partial charge is 0.198 e. The molecule has 0 atom stereocenters. The number of rotatable bonds is 3. The first-order valence-corrected chi connectivity index (χ1v) is 23.2. The minimum atomic E-state index is -0.199. The lowest BCUT2D eigenvalue weighted by Crippen LogP contribution is -2.37. The van der Waals surface area contributed by atoms with E-state index in [1.807, 2.05) is 0 Å². The zero-order chi connectivity index (χ0) is 42.8. The van der Waals surface area contributed by atoms with Gasteiger partial charge >= 0.3 is 0 Å². The van der Waals surface area contributed by atoms with Crippen LogP contribution in [0.3, 0.4) is 0 Å². The maximum atomic E-state index is 7.32. The predicted molar refractivity (Wildman–Crippen MR) is 270 cm³/mol. The lowest BCUT2D eigenvalue weighted by molar-refractivity contribution is 0.590. The lowest BCUT2D eigenvalue weighted by Gasteiger charge is -2.26. The fraction of sp³-hybridized carbons (Fsp3) is 0.186. The Morgan fingerprint density at radius 1 is 0.609 bits per heavy atom. The van der Waals surface area contributed by atoms with E-state index in [1.165, 1.54) is 95.6 Å². The van der Waals surface area contributed by atoms with Gasteiger partial charge in [0.25, 0.3) is 0 Å². The molecule has 0 fully saturated rings. The number of hydrogen-bond acceptors (Lipinski definition) is 3. The monoisotopic (exact) mass is 826 g/mol. The predicted octanol–water partition coefficient (Wildman–Crippen LogP) is 14.2. The number of anilines is 2. The molecule has 5 heteroatoms. The Kier molecular flexibility index (Phi) is 7.19. The Bertz CT molecular complexity index is 3850. The van der Waals surface area contributed by atoms with E-state index in [4.69, 9.17) is 8.83 Å². The highest BCUT2D eigenvalue weighted by molar-refractivity contribution is 6.74. The van der Waals surface area contributed by atoms with Crippen molar-refractivity contribution in [3.63, 3.8) is 0 Å². The van der Waals surface area contributed by atoms with Gasteiger partial charge in [-0.1, -0.05) is 113 Å². The highest BCUT2D eigenvalue weighted by Crippen LogP contribution is 2.54. The summed E-state index contributed by atoms with van der Waals surface area (Å²) in [5, 5.41) is 11.3. The summed E-state index contributed by atoms with van der Waals surface area (Å²) in [5.41, 5.74) is 23.9. The highest BCUT2D eigenvalue weighted by atomic mass is 16.3. The van der Waals surface area contributed by atoms with E-state index in [9.17, 15) is 0 Å². The summed E-state index contributed by atoms with van der Waals surface area (Å²) in [4.78, 5) is 0. The Balaban J connectivity index is 1.15. The van der Waals surface area contributed by atoms with Crippen molar-refractivity contribution in [2.45, 2.75) is 71.1 Å². The fourth-order valence-corrected chi connectivity index (χ4v) is 12.1. The molecule has 8 aromatic carbocycles. The fourth-order valence-electron chi connectivity index (χ4n) is 12.1. The Morgan fingerprint density at radius 3 is 2.12 bits per heavy atom. The molecule has 1 aliphatic heterocycles. The SMILES string of the molecule is CC(C)(C)c1ccc(Nc2cc3c(cc2-c2c4c5c(c6cc7c(cc6n5-c5cc6c(cc5B4)oc4ccccc46)CCCC7)c4c2oc2ccccc24)C(C)(C)c2ccccc2-3)cc1. The van der Waals surface area contributed by atoms with E-state index in [1.54, 1.807) is 0 Å². The van der Waals surface area contributed by atoms with E-state index in [0.717, 1.165) is 81.1 Å². The third kappa shape index (κ3) is 4.90. The molecule has 4 nitrogen and oxygen atoms in total. The molecule has 3 aromatic heterocycles. The standard InChI is InChI=1S/C59H47BN2O2/c1-58(2,3)34-22-24-35(25-23-34)61-46-29-39-36-16-8-11-19-43(36)59(4,5)44(39)28-41(46)54-55-56-52(53-38-18-10-13-21-50(38)64-57(53)54)42-26-32-14-6-7-15-33(32)27-47(42)62(56)48-30-40-37-17-9-12-20-49(37)63-51(40)31-45(48)60-55/h8-13,16-31,60-61H,6-7,14-15H2,1-5H3. The van der Waals surface area contributed by atoms with Gasteiger partial charge in [-0.05, 0) is 136 Å². The van der Waals surface area contributed by atoms with Crippen LogP contribution in [0.1, 0.15) is 75.3 Å². The Morgan fingerprint density at radius 2 is 1.33 bits per heavy atom. The van der Waals surface area contributed by atoms with Crippen molar-refractivity contribution < 1.29 is 8.83 Å². The largest absolute Gasteiger partial charge is 0.456 e. The number of benzene rings is 8. The molecular weight excluding hydrogens is 779 g/mol. The van der Waals surface area contributed by atoms with Crippen LogP contribution in [0, 0.1) is 0 Å². The molecule has 0 saturated carbocycles. The molecule has 0 saturated heterocycles. The van der Waals surface area contributed by atoms with Crippen LogP contribution >= 0.6 is 0 Å². The van der Waals surface area contributed by atoms with Gasteiger partial charge in [-0.25, -0.2) is 0 Å². The molecule has 1 N–H and O–H groups in total. The van der Waals surface area contributed by atoms with Gasteiger partial charge in [-0.15, -0.1) is 0 Å². The Labute approximate surface area is 372 Å². The molecule has 4 heterocycles. The molecule has 2 aliphatic carbocycles. The average molecular weight is 827 g/mol. The zero-order valence-electron chi connectivity index (χ0n) is 37.0. The number of aryl methyl sites for hydroxylation is 2. The highest BCUT2D eigenvalue weighted by Gasteiger charge is 2.38. The van der Waals surface area contributed by atoms with Crippen LogP contribution in [0.25, 0.3) is 93.6 Å². The van der Waals surface area contributed by atoms with Crippen molar-refractivity contribution in [3.8, 4) is 27.9 Å². The van der Waals surface area contributed by atoms with Crippen LogP contribution in [0.2, 0.25) is 0 Å². The number of nitrogens with one attached hydrogen (secondary N) is 1. The summed E-state index contributed by atoms with van der Waals surface area (Å²) in [6.45, 7) is 11.6. The summed E-state index contributed by atoms with van der Waals surface area (Å²) in [6.07, 6.45) is 4.70. The van der Waals surface area contributed by atoms with Crippen LogP contribution in [0.5, 0.6) is 0 Å². The van der Waals surface area contributed by atoms with Crippen molar-refractivity contribution in [2.75, 3.05) is 5.32 Å². The normalized spacial score (nSPS) is 15.0. The third-order valence-electron chi connectivity index (χ3n) is 15.3. The minimum absolute atomic E-state index is 0.0551. The van der Waals surface area contributed by atoms with Gasteiger partial charge in [-0.3, -0.25) is 0 Å². The molecule has 14 rings (SSSR count). The summed E-state index contributed by atoms with van der Waals surface area (Å²) >= 11 is 0. The Hall–Kier alpha value is -6.98. The summed E-state index contributed by atoms with van der Waals surface area (Å²) in [7, 11) is 0.734. The summed E-state index contributed by atoms with van der Waals surface area (Å²) < 4.78 is 16.6. The van der Waals surface area contributed by atoms with Crippen LogP contribution < -0.4 is 16.2 Å². The topological polar surface area (TPSA) is 43.2 Å². The van der Waals surface area contributed by atoms with Gasteiger partial charge in [0.15, 0.2) is 7.28 Å². The van der Waals surface area contributed by atoms with Crippen molar-refractivity contribution >= 4 is 95.3 Å². The first-order valence-electron chi connectivity index (χ1n) is 23.2. The number of fused-ring (bicyclic) bond motifs is 16. The minimum Gasteiger partial charge on any atom is -0.456 e.